The maximum atomic E-state index is 12.3. The van der Waals surface area contributed by atoms with Gasteiger partial charge >= 0.3 is 0 Å². The zero-order valence-corrected chi connectivity index (χ0v) is 15.6. The molecule has 142 valence electrons. The zero-order chi connectivity index (χ0) is 19.4. The fourth-order valence-electron chi connectivity index (χ4n) is 2.52. The molecule has 2 aromatic rings. The molecule has 2 unspecified atom stereocenters. The molecule has 3 amide bonds. The van der Waals surface area contributed by atoms with Crippen LogP contribution < -0.4 is 15.5 Å². The number of benzene rings is 1. The van der Waals surface area contributed by atoms with Crippen LogP contribution in [0.5, 0.6) is 5.75 Å². The first-order chi connectivity index (χ1) is 12.9. The number of ether oxygens (including phenoxy) is 1. The third-order valence-corrected chi connectivity index (χ3v) is 5.04. The molecule has 1 aromatic carbocycles. The van der Waals surface area contributed by atoms with Gasteiger partial charge in [0.05, 0.1) is 11.5 Å². The Morgan fingerprint density at radius 3 is 2.63 bits per heavy atom. The molecule has 2 N–H and O–H groups in total. The van der Waals surface area contributed by atoms with Crippen LogP contribution in [-0.2, 0) is 14.4 Å². The van der Waals surface area contributed by atoms with Crippen molar-refractivity contribution < 1.29 is 23.5 Å². The lowest BCUT2D eigenvalue weighted by atomic mass is 10.3. The lowest BCUT2D eigenvalue weighted by Gasteiger charge is -2.22. The molecule has 2 heterocycles. The molecule has 2 atom stereocenters. The van der Waals surface area contributed by atoms with Crippen LogP contribution in [0.1, 0.15) is 25.0 Å². The first-order valence-corrected chi connectivity index (χ1v) is 9.20. The fourth-order valence-corrected chi connectivity index (χ4v) is 3.68. The van der Waals surface area contributed by atoms with Crippen LogP contribution in [0.3, 0.4) is 0 Å². The number of hydrazine groups is 1. The van der Waals surface area contributed by atoms with Gasteiger partial charge in [0.15, 0.2) is 12.0 Å². The summed E-state index contributed by atoms with van der Waals surface area (Å²) in [6.07, 6.45) is 1.52. The highest BCUT2D eigenvalue weighted by Crippen LogP contribution is 2.41. The minimum Gasteiger partial charge on any atom is -0.484 e. The predicted octanol–water partition coefficient (Wildman–Crippen LogP) is 2.31. The van der Waals surface area contributed by atoms with Crippen molar-refractivity contribution in [2.24, 2.45) is 0 Å². The van der Waals surface area contributed by atoms with Gasteiger partial charge in [-0.25, -0.2) is 5.01 Å². The number of carbonyl (C=O) groups is 3. The largest absolute Gasteiger partial charge is 0.484 e. The van der Waals surface area contributed by atoms with Crippen molar-refractivity contribution in [1.29, 1.82) is 0 Å². The highest BCUT2D eigenvalue weighted by Gasteiger charge is 2.41. The van der Waals surface area contributed by atoms with Crippen LogP contribution in [-0.4, -0.2) is 34.6 Å². The number of hydrogen-bond acceptors (Lipinski definition) is 6. The second-order valence-electron chi connectivity index (χ2n) is 5.88. The monoisotopic (exact) mass is 389 g/mol. The first kappa shape index (κ1) is 18.8. The second kappa shape index (κ2) is 8.17. The summed E-state index contributed by atoms with van der Waals surface area (Å²) in [6.45, 7) is 2.94. The molecule has 1 aliphatic heterocycles. The summed E-state index contributed by atoms with van der Waals surface area (Å²) in [6, 6.07) is 10.1. The van der Waals surface area contributed by atoms with Gasteiger partial charge in [0.1, 0.15) is 11.5 Å². The summed E-state index contributed by atoms with van der Waals surface area (Å²) < 4.78 is 10.8. The summed E-state index contributed by atoms with van der Waals surface area (Å²) in [4.78, 5) is 35.5. The van der Waals surface area contributed by atoms with E-state index in [9.17, 15) is 14.4 Å². The Morgan fingerprint density at radius 2 is 2.00 bits per heavy atom. The highest BCUT2D eigenvalue weighted by molar-refractivity contribution is 8.01. The average molecular weight is 389 g/mol. The van der Waals surface area contributed by atoms with Crippen molar-refractivity contribution in [3.8, 4) is 5.75 Å². The van der Waals surface area contributed by atoms with Gasteiger partial charge in [0.25, 0.3) is 11.8 Å². The summed E-state index contributed by atoms with van der Waals surface area (Å²) in [5.41, 5.74) is 3.22. The number of nitrogens with one attached hydrogen (secondary N) is 2. The van der Waals surface area contributed by atoms with Gasteiger partial charge in [-0.05, 0) is 43.3 Å². The number of amides is 3. The lowest BCUT2D eigenvalue weighted by Crippen LogP contribution is -2.47. The molecule has 1 fully saturated rings. The quantitative estimate of drug-likeness (QED) is 0.786. The maximum Gasteiger partial charge on any atom is 0.276 e. The molecule has 0 bridgehead atoms. The van der Waals surface area contributed by atoms with Crippen LogP contribution in [0, 0.1) is 0 Å². The van der Waals surface area contributed by atoms with E-state index in [1.165, 1.54) is 30.0 Å². The standard InChI is InChI=1S/C18H19N3O5S/c1-11-17(24)21(18(27-11)15-4-3-9-25-15)20-16(23)10-26-14-7-5-13(6-8-14)19-12(2)22/h3-9,11,18H,10H2,1-2H3,(H,19,22)(H,20,23). The Kier molecular flexibility index (Phi) is 5.70. The van der Waals surface area contributed by atoms with Crippen molar-refractivity contribution in [1.82, 2.24) is 10.4 Å². The summed E-state index contributed by atoms with van der Waals surface area (Å²) in [5, 5.41) is 3.22. The number of nitrogens with zero attached hydrogens (tertiary/aromatic N) is 1. The number of anilines is 1. The molecule has 3 rings (SSSR count). The highest BCUT2D eigenvalue weighted by atomic mass is 32.2. The molecule has 0 saturated carbocycles. The van der Waals surface area contributed by atoms with E-state index in [1.807, 2.05) is 0 Å². The van der Waals surface area contributed by atoms with Crippen molar-refractivity contribution >= 4 is 35.2 Å². The minimum atomic E-state index is -0.458. The molecule has 1 saturated heterocycles. The van der Waals surface area contributed by atoms with E-state index in [-0.39, 0.29) is 23.7 Å². The van der Waals surface area contributed by atoms with Crippen molar-refractivity contribution in [3.63, 3.8) is 0 Å². The maximum absolute atomic E-state index is 12.3. The molecule has 0 aliphatic carbocycles. The number of furan rings is 1. The molecular formula is C18H19N3O5S. The molecule has 1 aliphatic rings. The number of rotatable bonds is 6. The molecule has 0 radical (unpaired) electrons. The average Bonchev–Trinajstić information content (AvgIpc) is 3.25. The third-order valence-electron chi connectivity index (χ3n) is 3.73. The smallest absolute Gasteiger partial charge is 0.276 e. The SMILES string of the molecule is CC(=O)Nc1ccc(OCC(=O)NN2C(=O)C(C)SC2c2ccco2)cc1. The molecule has 27 heavy (non-hydrogen) atoms. The van der Waals surface area contributed by atoms with Gasteiger partial charge in [-0.15, -0.1) is 11.8 Å². The molecular weight excluding hydrogens is 370 g/mol. The Bertz CT molecular complexity index is 822. The number of hydrogen-bond donors (Lipinski definition) is 2. The molecule has 9 heteroatoms. The van der Waals surface area contributed by atoms with E-state index in [2.05, 4.69) is 10.7 Å². The van der Waals surface area contributed by atoms with Gasteiger partial charge < -0.3 is 14.5 Å². The molecule has 8 nitrogen and oxygen atoms in total. The topological polar surface area (TPSA) is 101 Å². The summed E-state index contributed by atoms with van der Waals surface area (Å²) in [5.74, 6) is 0.233. The normalized spacial score (nSPS) is 19.0. The summed E-state index contributed by atoms with van der Waals surface area (Å²) >= 11 is 1.39. The molecule has 1 aromatic heterocycles. The molecule has 0 spiro atoms. The Hall–Kier alpha value is -2.94. The lowest BCUT2D eigenvalue weighted by molar-refractivity contribution is -0.141. The van der Waals surface area contributed by atoms with E-state index >= 15 is 0 Å². The first-order valence-electron chi connectivity index (χ1n) is 8.26. The van der Waals surface area contributed by atoms with Crippen LogP contribution in [0.25, 0.3) is 0 Å². The van der Waals surface area contributed by atoms with Crippen LogP contribution >= 0.6 is 11.8 Å². The minimum absolute atomic E-state index is 0.170. The van der Waals surface area contributed by atoms with E-state index < -0.39 is 11.3 Å². The summed E-state index contributed by atoms with van der Waals surface area (Å²) in [7, 11) is 0. The third kappa shape index (κ3) is 4.62. The van der Waals surface area contributed by atoms with Gasteiger partial charge in [-0.3, -0.25) is 19.8 Å². The van der Waals surface area contributed by atoms with E-state index in [4.69, 9.17) is 9.15 Å². The number of carbonyl (C=O) groups excluding carboxylic acids is 3. The number of thioether (sulfide) groups is 1. The second-order valence-corrected chi connectivity index (χ2v) is 7.31. The van der Waals surface area contributed by atoms with Gasteiger partial charge in [0, 0.05) is 12.6 Å². The van der Waals surface area contributed by atoms with Crippen molar-refractivity contribution in [2.45, 2.75) is 24.5 Å². The van der Waals surface area contributed by atoms with Crippen molar-refractivity contribution in [2.75, 3.05) is 11.9 Å². The Balaban J connectivity index is 1.56. The van der Waals surface area contributed by atoms with Gasteiger partial charge in [-0.1, -0.05) is 0 Å². The van der Waals surface area contributed by atoms with Gasteiger partial charge in [-0.2, -0.15) is 0 Å². The van der Waals surface area contributed by atoms with Crippen LogP contribution in [0.15, 0.2) is 47.1 Å². The predicted molar refractivity (Wildman–Crippen MR) is 99.7 cm³/mol. The van der Waals surface area contributed by atoms with Crippen molar-refractivity contribution in [3.05, 3.63) is 48.4 Å². The van der Waals surface area contributed by atoms with Crippen LogP contribution in [0.4, 0.5) is 5.69 Å². The van der Waals surface area contributed by atoms with E-state index in [0.29, 0.717) is 17.2 Å². The zero-order valence-electron chi connectivity index (χ0n) is 14.8. The fraction of sp³-hybridized carbons (Fsp3) is 0.278. The Labute approximate surface area is 160 Å². The van der Waals surface area contributed by atoms with Gasteiger partial charge in [0.2, 0.25) is 5.91 Å². The van der Waals surface area contributed by atoms with E-state index in [1.54, 1.807) is 43.3 Å². The Morgan fingerprint density at radius 1 is 1.26 bits per heavy atom. The van der Waals surface area contributed by atoms with Crippen LogP contribution in [0.2, 0.25) is 0 Å². The van der Waals surface area contributed by atoms with E-state index in [0.717, 1.165) is 0 Å².